The van der Waals surface area contributed by atoms with Crippen LogP contribution in [-0.4, -0.2) is 24.2 Å². The maximum absolute atomic E-state index is 10.7. The minimum Gasteiger partial charge on any atom is -0.382 e. The van der Waals surface area contributed by atoms with Gasteiger partial charge in [0.1, 0.15) is 0 Å². The van der Waals surface area contributed by atoms with E-state index in [1.807, 2.05) is 22.6 Å². The van der Waals surface area contributed by atoms with Crippen LogP contribution in [-0.2, 0) is 4.74 Å². The zero-order chi connectivity index (χ0) is 13.0. The maximum Gasteiger partial charge on any atom is 0.282 e. The van der Waals surface area contributed by atoms with Gasteiger partial charge in [-0.05, 0) is 54.0 Å². The standard InChI is InChI=1S/C12H15IN2O3/c13-11-7-9(4-5-12(11)15(16)17)14-8-10-3-1-2-6-18-10/h4-5,7,10,14H,1-3,6,8H2. The van der Waals surface area contributed by atoms with Gasteiger partial charge in [0.05, 0.1) is 14.6 Å². The molecule has 1 aliphatic rings. The van der Waals surface area contributed by atoms with Crippen LogP contribution in [0.5, 0.6) is 0 Å². The van der Waals surface area contributed by atoms with Crippen molar-refractivity contribution in [2.45, 2.75) is 25.4 Å². The second-order valence-corrected chi connectivity index (χ2v) is 5.45. The predicted molar refractivity (Wildman–Crippen MR) is 77.9 cm³/mol. The van der Waals surface area contributed by atoms with Gasteiger partial charge in [-0.15, -0.1) is 0 Å². The fraction of sp³-hybridized carbons (Fsp3) is 0.500. The molecule has 1 saturated heterocycles. The number of ether oxygens (including phenoxy) is 1. The first kappa shape index (κ1) is 13.5. The van der Waals surface area contributed by atoms with Crippen molar-refractivity contribution in [1.82, 2.24) is 0 Å². The van der Waals surface area contributed by atoms with E-state index in [0.717, 1.165) is 31.7 Å². The summed E-state index contributed by atoms with van der Waals surface area (Å²) in [5.41, 5.74) is 1.05. The van der Waals surface area contributed by atoms with Crippen LogP contribution in [0.3, 0.4) is 0 Å². The number of nitro groups is 1. The molecule has 0 saturated carbocycles. The van der Waals surface area contributed by atoms with E-state index in [1.165, 1.54) is 12.5 Å². The second kappa shape index (κ2) is 6.33. The number of rotatable bonds is 4. The summed E-state index contributed by atoms with van der Waals surface area (Å²) < 4.78 is 6.26. The number of anilines is 1. The van der Waals surface area contributed by atoms with Crippen molar-refractivity contribution < 1.29 is 9.66 Å². The Balaban J connectivity index is 1.93. The van der Waals surface area contributed by atoms with Gasteiger partial charge in [-0.1, -0.05) is 0 Å². The predicted octanol–water partition coefficient (Wildman–Crippen LogP) is 3.18. The van der Waals surface area contributed by atoms with Crippen LogP contribution >= 0.6 is 22.6 Å². The van der Waals surface area contributed by atoms with Gasteiger partial charge in [0.2, 0.25) is 0 Å². The molecule has 98 valence electrons. The summed E-state index contributed by atoms with van der Waals surface area (Å²) in [6, 6.07) is 5.07. The van der Waals surface area contributed by atoms with Gasteiger partial charge >= 0.3 is 0 Å². The van der Waals surface area contributed by atoms with Crippen molar-refractivity contribution in [3.05, 3.63) is 31.9 Å². The summed E-state index contributed by atoms with van der Waals surface area (Å²) in [7, 11) is 0. The Morgan fingerprint density at radius 2 is 2.33 bits per heavy atom. The Bertz CT molecular complexity index is 433. The normalized spacial score (nSPS) is 19.5. The molecule has 1 heterocycles. The lowest BCUT2D eigenvalue weighted by Crippen LogP contribution is -2.26. The van der Waals surface area contributed by atoms with E-state index in [4.69, 9.17) is 4.74 Å². The van der Waals surface area contributed by atoms with Crippen LogP contribution in [0.4, 0.5) is 11.4 Å². The first-order valence-electron chi connectivity index (χ1n) is 5.96. The van der Waals surface area contributed by atoms with Crippen molar-refractivity contribution in [2.75, 3.05) is 18.5 Å². The van der Waals surface area contributed by atoms with Crippen molar-refractivity contribution in [1.29, 1.82) is 0 Å². The molecule has 0 bridgehead atoms. The van der Waals surface area contributed by atoms with Crippen LogP contribution in [0, 0.1) is 13.7 Å². The first-order valence-corrected chi connectivity index (χ1v) is 7.04. The third-order valence-electron chi connectivity index (χ3n) is 2.95. The molecule has 1 aromatic carbocycles. The summed E-state index contributed by atoms with van der Waals surface area (Å²) >= 11 is 1.98. The van der Waals surface area contributed by atoms with E-state index in [2.05, 4.69) is 5.32 Å². The summed E-state index contributed by atoms with van der Waals surface area (Å²) in [6.45, 7) is 1.60. The van der Waals surface area contributed by atoms with Crippen molar-refractivity contribution >= 4 is 34.0 Å². The number of nitrogens with one attached hydrogen (secondary N) is 1. The zero-order valence-corrected chi connectivity index (χ0v) is 12.1. The Morgan fingerprint density at radius 1 is 1.50 bits per heavy atom. The maximum atomic E-state index is 10.7. The van der Waals surface area contributed by atoms with Gasteiger partial charge in [-0.25, -0.2) is 0 Å². The molecule has 1 fully saturated rings. The molecule has 18 heavy (non-hydrogen) atoms. The van der Waals surface area contributed by atoms with Gasteiger partial charge in [-0.2, -0.15) is 0 Å². The Morgan fingerprint density at radius 3 is 2.94 bits per heavy atom. The first-order chi connectivity index (χ1) is 8.66. The summed E-state index contributed by atoms with van der Waals surface area (Å²) in [6.07, 6.45) is 3.69. The lowest BCUT2D eigenvalue weighted by molar-refractivity contribution is -0.385. The van der Waals surface area contributed by atoms with E-state index >= 15 is 0 Å². The summed E-state index contributed by atoms with van der Waals surface area (Å²) in [4.78, 5) is 10.3. The van der Waals surface area contributed by atoms with Crippen molar-refractivity contribution in [3.63, 3.8) is 0 Å². The highest BCUT2D eigenvalue weighted by Crippen LogP contribution is 2.24. The SMILES string of the molecule is O=[N+]([O-])c1ccc(NCC2CCCCO2)cc1I. The number of halogens is 1. The van der Waals surface area contributed by atoms with Crippen LogP contribution in [0.15, 0.2) is 18.2 Å². The average Bonchev–Trinajstić information content (AvgIpc) is 2.37. The molecule has 1 atom stereocenters. The number of nitrogens with zero attached hydrogens (tertiary/aromatic N) is 1. The molecule has 0 spiro atoms. The van der Waals surface area contributed by atoms with E-state index in [0.29, 0.717) is 3.57 Å². The molecule has 6 heteroatoms. The van der Waals surface area contributed by atoms with E-state index in [-0.39, 0.29) is 16.7 Å². The monoisotopic (exact) mass is 362 g/mol. The number of benzene rings is 1. The van der Waals surface area contributed by atoms with Crippen LogP contribution in [0.1, 0.15) is 19.3 Å². The Hall–Kier alpha value is -0.890. The number of hydrogen-bond donors (Lipinski definition) is 1. The smallest absolute Gasteiger partial charge is 0.282 e. The Labute approximate surface area is 119 Å². The quantitative estimate of drug-likeness (QED) is 0.508. The van der Waals surface area contributed by atoms with E-state index in [1.54, 1.807) is 12.1 Å². The van der Waals surface area contributed by atoms with Gasteiger partial charge in [0, 0.05) is 24.9 Å². The summed E-state index contributed by atoms with van der Waals surface area (Å²) in [5, 5.41) is 14.0. The molecule has 1 aromatic rings. The molecule has 1 unspecified atom stereocenters. The molecular weight excluding hydrogens is 347 g/mol. The summed E-state index contributed by atoms with van der Waals surface area (Å²) in [5.74, 6) is 0. The highest BCUT2D eigenvalue weighted by atomic mass is 127. The van der Waals surface area contributed by atoms with E-state index in [9.17, 15) is 10.1 Å². The Kier molecular flexibility index (Phi) is 4.76. The molecule has 0 aromatic heterocycles. The molecule has 0 amide bonds. The molecule has 0 radical (unpaired) electrons. The van der Waals surface area contributed by atoms with Crippen LogP contribution < -0.4 is 5.32 Å². The van der Waals surface area contributed by atoms with Gasteiger partial charge in [0.15, 0.2) is 0 Å². The van der Waals surface area contributed by atoms with Gasteiger partial charge in [0.25, 0.3) is 5.69 Å². The van der Waals surface area contributed by atoms with Crippen LogP contribution in [0.2, 0.25) is 0 Å². The number of nitro benzene ring substituents is 1. The minimum atomic E-state index is -0.365. The van der Waals surface area contributed by atoms with E-state index < -0.39 is 0 Å². The lowest BCUT2D eigenvalue weighted by atomic mass is 10.1. The second-order valence-electron chi connectivity index (χ2n) is 4.29. The molecule has 5 nitrogen and oxygen atoms in total. The fourth-order valence-electron chi connectivity index (χ4n) is 1.97. The molecule has 0 aliphatic carbocycles. The zero-order valence-electron chi connectivity index (χ0n) is 9.89. The third kappa shape index (κ3) is 3.55. The number of hydrogen-bond acceptors (Lipinski definition) is 4. The molecular formula is C12H15IN2O3. The van der Waals surface area contributed by atoms with Crippen molar-refractivity contribution in [2.24, 2.45) is 0 Å². The topological polar surface area (TPSA) is 64.4 Å². The molecule has 2 rings (SSSR count). The minimum absolute atomic E-state index is 0.148. The fourth-order valence-corrected chi connectivity index (χ4v) is 2.68. The van der Waals surface area contributed by atoms with Gasteiger partial charge in [-0.3, -0.25) is 10.1 Å². The third-order valence-corrected chi connectivity index (χ3v) is 3.82. The molecule has 1 aliphatic heterocycles. The highest BCUT2D eigenvalue weighted by molar-refractivity contribution is 14.1. The largest absolute Gasteiger partial charge is 0.382 e. The average molecular weight is 362 g/mol. The lowest BCUT2D eigenvalue weighted by Gasteiger charge is -2.23. The van der Waals surface area contributed by atoms with Crippen molar-refractivity contribution in [3.8, 4) is 0 Å². The highest BCUT2D eigenvalue weighted by Gasteiger charge is 2.15. The van der Waals surface area contributed by atoms with Crippen LogP contribution in [0.25, 0.3) is 0 Å². The molecule has 1 N–H and O–H groups in total. The van der Waals surface area contributed by atoms with Gasteiger partial charge < -0.3 is 10.1 Å².